The maximum atomic E-state index is 9.80. The Morgan fingerprint density at radius 1 is 1.24 bits per heavy atom. The number of methoxy groups -OCH3 is 2. The van der Waals surface area contributed by atoms with Crippen LogP contribution < -0.4 is 24.4 Å². The van der Waals surface area contributed by atoms with Crippen LogP contribution in [0.3, 0.4) is 0 Å². The highest BCUT2D eigenvalue weighted by Crippen LogP contribution is 2.50. The van der Waals surface area contributed by atoms with Gasteiger partial charge in [0, 0.05) is 30.3 Å². The van der Waals surface area contributed by atoms with Crippen LogP contribution in [0.25, 0.3) is 6.08 Å². The van der Waals surface area contributed by atoms with Gasteiger partial charge in [-0.1, -0.05) is 12.1 Å². The SMILES string of the molecule is COc1ccc(/C=C(\C[C@H]2c3c(cc4c(c3OC)OCO4)CCN2C)NO)cc1. The molecule has 0 bridgehead atoms. The predicted octanol–water partition coefficient (Wildman–Crippen LogP) is 3.37. The van der Waals surface area contributed by atoms with Crippen LogP contribution in [0.15, 0.2) is 36.0 Å². The number of benzene rings is 2. The first kappa shape index (κ1) is 19.4. The Bertz CT molecular complexity index is 910. The molecular formula is C22H26N2O5. The summed E-state index contributed by atoms with van der Waals surface area (Å²) in [6, 6.07) is 9.77. The van der Waals surface area contributed by atoms with E-state index in [0.717, 1.165) is 35.6 Å². The molecule has 0 spiro atoms. The lowest BCUT2D eigenvalue weighted by atomic mass is 9.88. The molecule has 0 aliphatic carbocycles. The largest absolute Gasteiger partial charge is 0.497 e. The van der Waals surface area contributed by atoms with E-state index in [2.05, 4.69) is 23.5 Å². The number of hydrogen-bond acceptors (Lipinski definition) is 7. The predicted molar refractivity (Wildman–Crippen MR) is 109 cm³/mol. The van der Waals surface area contributed by atoms with E-state index >= 15 is 0 Å². The Labute approximate surface area is 170 Å². The van der Waals surface area contributed by atoms with Gasteiger partial charge >= 0.3 is 0 Å². The number of likely N-dealkylation sites (N-methyl/N-ethyl adjacent to an activating group) is 1. The molecule has 2 aliphatic rings. The second-order valence-corrected chi connectivity index (χ2v) is 7.22. The van der Waals surface area contributed by atoms with Crippen molar-refractivity contribution in [3.8, 4) is 23.0 Å². The van der Waals surface area contributed by atoms with E-state index in [-0.39, 0.29) is 12.8 Å². The van der Waals surface area contributed by atoms with E-state index in [9.17, 15) is 5.21 Å². The Morgan fingerprint density at radius 3 is 2.72 bits per heavy atom. The molecule has 1 atom stereocenters. The molecule has 2 N–H and O–H groups in total. The van der Waals surface area contributed by atoms with Crippen molar-refractivity contribution in [3.05, 3.63) is 52.7 Å². The number of hydrogen-bond donors (Lipinski definition) is 2. The van der Waals surface area contributed by atoms with Crippen LogP contribution in [0.5, 0.6) is 23.0 Å². The van der Waals surface area contributed by atoms with Crippen molar-refractivity contribution in [2.75, 3.05) is 34.6 Å². The van der Waals surface area contributed by atoms with Gasteiger partial charge in [0.2, 0.25) is 12.5 Å². The van der Waals surface area contributed by atoms with Crippen molar-refractivity contribution in [2.24, 2.45) is 0 Å². The summed E-state index contributed by atoms with van der Waals surface area (Å²) >= 11 is 0. The molecule has 2 aromatic carbocycles. The van der Waals surface area contributed by atoms with E-state index in [1.165, 1.54) is 5.56 Å². The lowest BCUT2D eigenvalue weighted by Crippen LogP contribution is -2.33. The van der Waals surface area contributed by atoms with Crippen LogP contribution in [-0.2, 0) is 6.42 Å². The quantitative estimate of drug-likeness (QED) is 0.723. The zero-order valence-electron chi connectivity index (χ0n) is 16.9. The van der Waals surface area contributed by atoms with Gasteiger partial charge in [0.1, 0.15) is 5.75 Å². The molecule has 2 aromatic rings. The van der Waals surface area contributed by atoms with Crippen molar-refractivity contribution in [2.45, 2.75) is 18.9 Å². The lowest BCUT2D eigenvalue weighted by molar-refractivity contribution is 0.168. The summed E-state index contributed by atoms with van der Waals surface area (Å²) in [5.41, 5.74) is 6.33. The number of nitrogens with one attached hydrogen (secondary N) is 1. The number of ether oxygens (including phenoxy) is 4. The standard InChI is InChI=1S/C22H26N2O5/c1-24-9-8-15-11-19-21(29-13-28-19)22(27-3)20(15)18(24)12-16(23-25)10-14-4-6-17(26-2)7-5-14/h4-7,10-11,18,23,25H,8-9,12-13H2,1-3H3/b16-10+/t18-/m0/s1. The molecular weight excluding hydrogens is 372 g/mol. The first-order valence-electron chi connectivity index (χ1n) is 9.59. The van der Waals surface area contributed by atoms with E-state index < -0.39 is 0 Å². The minimum Gasteiger partial charge on any atom is -0.497 e. The maximum Gasteiger partial charge on any atom is 0.231 e. The fraction of sp³-hybridized carbons (Fsp3) is 0.364. The minimum absolute atomic E-state index is 0.0207. The first-order valence-corrected chi connectivity index (χ1v) is 9.59. The molecule has 0 fully saturated rings. The van der Waals surface area contributed by atoms with Gasteiger partial charge in [-0.05, 0) is 48.9 Å². The molecule has 0 saturated carbocycles. The van der Waals surface area contributed by atoms with Crippen molar-refractivity contribution in [3.63, 3.8) is 0 Å². The number of hydroxylamine groups is 1. The third kappa shape index (κ3) is 3.71. The highest BCUT2D eigenvalue weighted by atomic mass is 16.7. The summed E-state index contributed by atoms with van der Waals surface area (Å²) in [6.07, 6.45) is 3.42. The van der Waals surface area contributed by atoms with Crippen LogP contribution in [0.4, 0.5) is 0 Å². The number of fused-ring (bicyclic) bond motifs is 2. The summed E-state index contributed by atoms with van der Waals surface area (Å²) in [6.45, 7) is 1.11. The van der Waals surface area contributed by atoms with Gasteiger partial charge in [-0.3, -0.25) is 15.6 Å². The Hall–Kier alpha value is -2.90. The van der Waals surface area contributed by atoms with Gasteiger partial charge in [0.05, 0.1) is 14.2 Å². The van der Waals surface area contributed by atoms with Gasteiger partial charge in [-0.2, -0.15) is 0 Å². The zero-order chi connectivity index (χ0) is 20.4. The average molecular weight is 398 g/mol. The van der Waals surface area contributed by atoms with Crippen LogP contribution in [0.1, 0.15) is 29.2 Å². The monoisotopic (exact) mass is 398 g/mol. The zero-order valence-corrected chi connectivity index (χ0v) is 16.9. The Balaban J connectivity index is 1.68. The highest BCUT2D eigenvalue weighted by Gasteiger charge is 2.34. The van der Waals surface area contributed by atoms with E-state index in [4.69, 9.17) is 18.9 Å². The Morgan fingerprint density at radius 2 is 2.03 bits per heavy atom. The maximum absolute atomic E-state index is 9.80. The topological polar surface area (TPSA) is 72.4 Å². The van der Waals surface area contributed by atoms with Crippen LogP contribution in [0.2, 0.25) is 0 Å². The minimum atomic E-state index is 0.0207. The summed E-state index contributed by atoms with van der Waals surface area (Å²) in [5, 5.41) is 9.80. The molecule has 29 heavy (non-hydrogen) atoms. The van der Waals surface area contributed by atoms with Crippen molar-refractivity contribution < 1.29 is 24.2 Å². The highest BCUT2D eigenvalue weighted by molar-refractivity contribution is 5.62. The summed E-state index contributed by atoms with van der Waals surface area (Å²) < 4.78 is 22.2. The van der Waals surface area contributed by atoms with Crippen molar-refractivity contribution in [1.82, 2.24) is 10.4 Å². The molecule has 4 rings (SSSR count). The van der Waals surface area contributed by atoms with Gasteiger partial charge in [-0.15, -0.1) is 0 Å². The van der Waals surface area contributed by atoms with Gasteiger partial charge in [0.25, 0.3) is 0 Å². The fourth-order valence-corrected chi connectivity index (χ4v) is 4.03. The van der Waals surface area contributed by atoms with Crippen LogP contribution in [-0.4, -0.2) is 44.7 Å². The molecule has 2 aliphatic heterocycles. The summed E-state index contributed by atoms with van der Waals surface area (Å²) in [7, 11) is 5.38. The summed E-state index contributed by atoms with van der Waals surface area (Å²) in [4.78, 5) is 2.27. The lowest BCUT2D eigenvalue weighted by Gasteiger charge is -2.36. The second kappa shape index (κ2) is 8.23. The van der Waals surface area contributed by atoms with Crippen LogP contribution in [0, 0.1) is 0 Å². The Kier molecular flexibility index (Phi) is 5.51. The second-order valence-electron chi connectivity index (χ2n) is 7.22. The third-order valence-corrected chi connectivity index (χ3v) is 5.56. The van der Waals surface area contributed by atoms with Gasteiger partial charge in [0.15, 0.2) is 11.5 Å². The van der Waals surface area contributed by atoms with Crippen molar-refractivity contribution in [1.29, 1.82) is 0 Å². The molecule has 0 saturated heterocycles. The summed E-state index contributed by atoms with van der Waals surface area (Å²) in [5.74, 6) is 2.90. The molecule has 154 valence electrons. The molecule has 7 nitrogen and oxygen atoms in total. The molecule has 0 aromatic heterocycles. The molecule has 0 unspecified atom stereocenters. The molecule has 2 heterocycles. The molecule has 0 amide bonds. The number of nitrogens with zero attached hydrogens (tertiary/aromatic N) is 1. The smallest absolute Gasteiger partial charge is 0.231 e. The normalized spacial score (nSPS) is 18.3. The molecule has 7 heteroatoms. The van der Waals surface area contributed by atoms with Gasteiger partial charge in [-0.25, -0.2) is 0 Å². The number of rotatable bonds is 6. The van der Waals surface area contributed by atoms with E-state index in [1.54, 1.807) is 14.2 Å². The average Bonchev–Trinajstić information content (AvgIpc) is 3.22. The molecule has 0 radical (unpaired) electrons. The van der Waals surface area contributed by atoms with E-state index in [0.29, 0.717) is 23.6 Å². The van der Waals surface area contributed by atoms with Crippen molar-refractivity contribution >= 4 is 6.08 Å². The van der Waals surface area contributed by atoms with Gasteiger partial charge < -0.3 is 18.9 Å². The van der Waals surface area contributed by atoms with E-state index in [1.807, 2.05) is 30.3 Å². The van der Waals surface area contributed by atoms with Crippen LogP contribution >= 0.6 is 0 Å². The fourth-order valence-electron chi connectivity index (χ4n) is 4.03. The third-order valence-electron chi connectivity index (χ3n) is 5.56. The first-order chi connectivity index (χ1) is 14.1.